The Morgan fingerprint density at radius 3 is 2.58 bits per heavy atom. The van der Waals surface area contributed by atoms with E-state index in [-0.39, 0.29) is 5.69 Å². The number of halogens is 3. The van der Waals surface area contributed by atoms with Gasteiger partial charge in [0.1, 0.15) is 11.6 Å². The van der Waals surface area contributed by atoms with Crippen LogP contribution in [0.4, 0.5) is 14.5 Å². The molecular weight excluding hydrogens is 364 g/mol. The fourth-order valence-electron chi connectivity index (χ4n) is 2.34. The molecule has 0 radical (unpaired) electrons. The highest BCUT2D eigenvalue weighted by Gasteiger charge is 2.18. The molecule has 3 rings (SSSR count). The standard InChI is InChI=1S/C18H12ClF2N3O2/c1-10-8-16(25)17(23-24(10)15-5-3-2-4-12(15)19)18(26)22-14-7-6-11(20)9-13(14)21/h2-9H,1H3,(H,22,26). The molecule has 5 nitrogen and oxygen atoms in total. The van der Waals surface area contributed by atoms with Crippen molar-refractivity contribution in [2.75, 3.05) is 5.32 Å². The summed E-state index contributed by atoms with van der Waals surface area (Å²) >= 11 is 6.14. The molecule has 1 N–H and O–H groups in total. The van der Waals surface area contributed by atoms with Gasteiger partial charge in [0.05, 0.1) is 16.4 Å². The van der Waals surface area contributed by atoms with Gasteiger partial charge in [-0.15, -0.1) is 0 Å². The first-order valence-corrected chi connectivity index (χ1v) is 7.87. The predicted octanol–water partition coefficient (Wildman–Crippen LogP) is 3.72. The number of nitrogens with one attached hydrogen (secondary N) is 1. The molecule has 0 aliphatic rings. The second-order valence-corrected chi connectivity index (χ2v) is 5.85. The molecule has 1 aromatic heterocycles. The molecule has 3 aromatic rings. The number of hydrogen-bond donors (Lipinski definition) is 1. The monoisotopic (exact) mass is 375 g/mol. The first-order chi connectivity index (χ1) is 12.4. The number of carbonyl (C=O) groups excluding carboxylic acids is 1. The first kappa shape index (κ1) is 17.8. The SMILES string of the molecule is Cc1cc(=O)c(C(=O)Nc2ccc(F)cc2F)nn1-c1ccccc1Cl. The Bertz CT molecular complexity index is 1070. The number of aryl methyl sites for hydroxylation is 1. The molecule has 2 aromatic carbocycles. The van der Waals surface area contributed by atoms with E-state index in [1.807, 2.05) is 0 Å². The molecule has 132 valence electrons. The van der Waals surface area contributed by atoms with Gasteiger partial charge in [-0.1, -0.05) is 23.7 Å². The van der Waals surface area contributed by atoms with Crippen LogP contribution < -0.4 is 10.7 Å². The molecule has 0 fully saturated rings. The zero-order valence-corrected chi connectivity index (χ0v) is 14.2. The third-order valence-electron chi connectivity index (χ3n) is 3.58. The summed E-state index contributed by atoms with van der Waals surface area (Å²) in [5.41, 5.74) is -0.395. The van der Waals surface area contributed by atoms with E-state index in [4.69, 9.17) is 11.6 Å². The minimum absolute atomic E-state index is 0.262. The Kier molecular flexibility index (Phi) is 4.81. The summed E-state index contributed by atoms with van der Waals surface area (Å²) in [6, 6.07) is 10.7. The fraction of sp³-hybridized carbons (Fsp3) is 0.0556. The highest BCUT2D eigenvalue weighted by atomic mass is 35.5. The van der Waals surface area contributed by atoms with Gasteiger partial charge in [-0.05, 0) is 31.2 Å². The van der Waals surface area contributed by atoms with E-state index in [9.17, 15) is 18.4 Å². The quantitative estimate of drug-likeness (QED) is 0.758. The van der Waals surface area contributed by atoms with Crippen molar-refractivity contribution in [2.24, 2.45) is 0 Å². The van der Waals surface area contributed by atoms with E-state index >= 15 is 0 Å². The predicted molar refractivity (Wildman–Crippen MR) is 93.9 cm³/mol. The summed E-state index contributed by atoms with van der Waals surface area (Å²) in [7, 11) is 0. The van der Waals surface area contributed by atoms with Crippen molar-refractivity contribution in [1.82, 2.24) is 9.78 Å². The minimum atomic E-state index is -0.961. The zero-order chi connectivity index (χ0) is 18.8. The van der Waals surface area contributed by atoms with Gasteiger partial charge in [0.2, 0.25) is 5.43 Å². The summed E-state index contributed by atoms with van der Waals surface area (Å²) < 4.78 is 28.0. The van der Waals surface area contributed by atoms with Gasteiger partial charge in [0, 0.05) is 17.8 Å². The van der Waals surface area contributed by atoms with E-state index < -0.39 is 28.7 Å². The number of carbonyl (C=O) groups is 1. The maximum absolute atomic E-state index is 13.7. The summed E-state index contributed by atoms with van der Waals surface area (Å²) in [5, 5.41) is 6.65. The number of amides is 1. The van der Waals surface area contributed by atoms with E-state index in [0.717, 1.165) is 12.1 Å². The van der Waals surface area contributed by atoms with Gasteiger partial charge in [0.25, 0.3) is 5.91 Å². The Hall–Kier alpha value is -3.06. The molecule has 8 heteroatoms. The van der Waals surface area contributed by atoms with Crippen LogP contribution >= 0.6 is 11.6 Å². The van der Waals surface area contributed by atoms with Gasteiger partial charge >= 0.3 is 0 Å². The lowest BCUT2D eigenvalue weighted by molar-refractivity contribution is 0.101. The fourth-order valence-corrected chi connectivity index (χ4v) is 2.56. The molecule has 1 amide bonds. The number of nitrogens with zero attached hydrogens (tertiary/aromatic N) is 2. The molecule has 0 aliphatic heterocycles. The maximum atomic E-state index is 13.7. The molecule has 0 saturated carbocycles. The number of benzene rings is 2. The molecule has 0 saturated heterocycles. The number of hydrogen-bond acceptors (Lipinski definition) is 3. The van der Waals surface area contributed by atoms with Crippen LogP contribution in [0.2, 0.25) is 5.02 Å². The molecule has 0 unspecified atom stereocenters. The van der Waals surface area contributed by atoms with Crippen LogP contribution in [0.15, 0.2) is 53.3 Å². The average molecular weight is 376 g/mol. The van der Waals surface area contributed by atoms with Crippen molar-refractivity contribution >= 4 is 23.2 Å². The second-order valence-electron chi connectivity index (χ2n) is 5.44. The largest absolute Gasteiger partial charge is 0.318 e. The van der Waals surface area contributed by atoms with Crippen LogP contribution in [-0.2, 0) is 0 Å². The van der Waals surface area contributed by atoms with Gasteiger partial charge in [-0.25, -0.2) is 13.5 Å². The maximum Gasteiger partial charge on any atom is 0.280 e. The lowest BCUT2D eigenvalue weighted by Crippen LogP contribution is -2.27. The van der Waals surface area contributed by atoms with Gasteiger partial charge in [0.15, 0.2) is 5.69 Å². The van der Waals surface area contributed by atoms with Gasteiger partial charge < -0.3 is 5.32 Å². The average Bonchev–Trinajstić information content (AvgIpc) is 2.58. The van der Waals surface area contributed by atoms with E-state index in [2.05, 4.69) is 10.4 Å². The third kappa shape index (κ3) is 3.48. The zero-order valence-electron chi connectivity index (χ0n) is 13.5. The Balaban J connectivity index is 2.02. The summed E-state index contributed by atoms with van der Waals surface area (Å²) in [6.07, 6.45) is 0. The molecular formula is C18H12ClF2N3O2. The van der Waals surface area contributed by atoms with Crippen molar-refractivity contribution in [3.63, 3.8) is 0 Å². The van der Waals surface area contributed by atoms with Crippen molar-refractivity contribution in [1.29, 1.82) is 0 Å². The van der Waals surface area contributed by atoms with Crippen molar-refractivity contribution in [2.45, 2.75) is 6.92 Å². The van der Waals surface area contributed by atoms with E-state index in [1.54, 1.807) is 31.2 Å². The molecule has 0 atom stereocenters. The summed E-state index contributed by atoms with van der Waals surface area (Å²) in [6.45, 7) is 1.64. The van der Waals surface area contributed by atoms with Gasteiger partial charge in [-0.3, -0.25) is 9.59 Å². The van der Waals surface area contributed by atoms with E-state index in [0.29, 0.717) is 22.5 Å². The number of para-hydroxylation sites is 1. The normalized spacial score (nSPS) is 10.6. The molecule has 0 aliphatic carbocycles. The molecule has 1 heterocycles. The highest BCUT2D eigenvalue weighted by molar-refractivity contribution is 6.32. The topological polar surface area (TPSA) is 64.0 Å². The first-order valence-electron chi connectivity index (χ1n) is 7.49. The number of anilines is 1. The lowest BCUT2D eigenvalue weighted by atomic mass is 10.2. The Labute approximate surface area is 151 Å². The highest BCUT2D eigenvalue weighted by Crippen LogP contribution is 2.20. The smallest absolute Gasteiger partial charge is 0.280 e. The van der Waals surface area contributed by atoms with Crippen LogP contribution in [0.25, 0.3) is 5.69 Å². The van der Waals surface area contributed by atoms with Crippen LogP contribution in [0.1, 0.15) is 16.2 Å². The summed E-state index contributed by atoms with van der Waals surface area (Å²) in [5.74, 6) is -2.66. The summed E-state index contributed by atoms with van der Waals surface area (Å²) in [4.78, 5) is 24.5. The molecule has 26 heavy (non-hydrogen) atoms. The third-order valence-corrected chi connectivity index (χ3v) is 3.90. The molecule has 0 spiro atoms. The Morgan fingerprint density at radius 1 is 1.15 bits per heavy atom. The van der Waals surface area contributed by atoms with Crippen LogP contribution in [-0.4, -0.2) is 15.7 Å². The van der Waals surface area contributed by atoms with Crippen molar-refractivity contribution in [3.8, 4) is 5.69 Å². The second kappa shape index (κ2) is 7.05. The van der Waals surface area contributed by atoms with Crippen molar-refractivity contribution < 1.29 is 13.6 Å². The Morgan fingerprint density at radius 2 is 1.88 bits per heavy atom. The van der Waals surface area contributed by atoms with Gasteiger partial charge in [-0.2, -0.15) is 5.10 Å². The number of aromatic nitrogens is 2. The van der Waals surface area contributed by atoms with E-state index in [1.165, 1.54) is 10.7 Å². The minimum Gasteiger partial charge on any atom is -0.318 e. The van der Waals surface area contributed by atoms with Crippen LogP contribution in [0.5, 0.6) is 0 Å². The van der Waals surface area contributed by atoms with Crippen LogP contribution in [0, 0.1) is 18.6 Å². The van der Waals surface area contributed by atoms with Crippen molar-refractivity contribution in [3.05, 3.63) is 86.8 Å². The molecule has 0 bridgehead atoms. The lowest BCUT2D eigenvalue weighted by Gasteiger charge is -2.12. The van der Waals surface area contributed by atoms with Crippen LogP contribution in [0.3, 0.4) is 0 Å². The number of rotatable bonds is 3.